The number of pyridine rings is 1. The maximum Gasteiger partial charge on any atom is 0.192 e. The Hall–Kier alpha value is -5.67. The Bertz CT molecular complexity index is 2240. The smallest absolute Gasteiger partial charge is 0.192 e. The summed E-state index contributed by atoms with van der Waals surface area (Å²) in [7, 11) is 0. The summed E-state index contributed by atoms with van der Waals surface area (Å²) in [5.74, 6) is 0. The molecule has 0 saturated carbocycles. The van der Waals surface area contributed by atoms with Crippen LogP contribution >= 0.6 is 0 Å². The van der Waals surface area contributed by atoms with Crippen LogP contribution in [0, 0.1) is 6.92 Å². The summed E-state index contributed by atoms with van der Waals surface area (Å²) in [5, 5.41) is 0.714. The topological polar surface area (TPSA) is 25.2 Å². The number of hydrogen-bond acceptors (Lipinski definition) is 2. The van der Waals surface area contributed by atoms with Crippen LogP contribution in [0.5, 0.6) is 0 Å². The third kappa shape index (κ3) is 3.18. The number of para-hydroxylation sites is 3. The van der Waals surface area contributed by atoms with Crippen LogP contribution in [0.3, 0.4) is 0 Å². The highest BCUT2D eigenvalue weighted by molar-refractivity contribution is 5.97. The van der Waals surface area contributed by atoms with E-state index in [1.54, 1.807) is 0 Å². The highest BCUT2D eigenvalue weighted by Gasteiger charge is 2.51. The van der Waals surface area contributed by atoms with Gasteiger partial charge in [0.25, 0.3) is 0 Å². The fourth-order valence-electron chi connectivity index (χ4n) is 7.73. The third-order valence-corrected chi connectivity index (χ3v) is 9.51. The third-order valence-electron chi connectivity index (χ3n) is 9.51. The van der Waals surface area contributed by atoms with Gasteiger partial charge in [-0.25, -0.2) is 0 Å². The van der Waals surface area contributed by atoms with E-state index in [9.17, 15) is 4.79 Å². The van der Waals surface area contributed by atoms with E-state index in [-0.39, 0.29) is 5.43 Å². The number of rotatable bonds is 2. The van der Waals surface area contributed by atoms with Gasteiger partial charge in [0, 0.05) is 28.5 Å². The van der Waals surface area contributed by atoms with Gasteiger partial charge in [0.05, 0.1) is 22.3 Å². The van der Waals surface area contributed by atoms with Crippen LogP contribution in [0.1, 0.15) is 27.8 Å². The molecule has 1 spiro atoms. The first-order chi connectivity index (χ1) is 21.7. The molecule has 0 amide bonds. The average Bonchev–Trinajstić information content (AvgIpc) is 3.38. The minimum atomic E-state index is -0.447. The second-order valence-electron chi connectivity index (χ2n) is 11.8. The summed E-state index contributed by atoms with van der Waals surface area (Å²) in [6.07, 6.45) is 1.96. The maximum absolute atomic E-state index is 13.4. The van der Waals surface area contributed by atoms with E-state index >= 15 is 0 Å². The second-order valence-corrected chi connectivity index (χ2v) is 11.8. The highest BCUT2D eigenvalue weighted by Crippen LogP contribution is 2.63. The van der Waals surface area contributed by atoms with Crippen LogP contribution < -0.4 is 10.3 Å². The monoisotopic (exact) mass is 564 g/mol. The van der Waals surface area contributed by atoms with Crippen molar-refractivity contribution in [2.75, 3.05) is 4.90 Å². The first-order valence-electron chi connectivity index (χ1n) is 15.1. The van der Waals surface area contributed by atoms with Gasteiger partial charge in [0.15, 0.2) is 5.43 Å². The van der Waals surface area contributed by atoms with E-state index in [4.69, 9.17) is 0 Å². The van der Waals surface area contributed by atoms with Gasteiger partial charge in [-0.15, -0.1) is 0 Å². The van der Waals surface area contributed by atoms with Gasteiger partial charge < -0.3 is 9.47 Å². The molecule has 0 N–H and O–H groups in total. The van der Waals surface area contributed by atoms with Crippen LogP contribution in [0.25, 0.3) is 27.7 Å². The van der Waals surface area contributed by atoms with Gasteiger partial charge >= 0.3 is 0 Å². The molecule has 3 nitrogen and oxygen atoms in total. The summed E-state index contributed by atoms with van der Waals surface area (Å²) >= 11 is 0. The number of nitrogens with zero attached hydrogens (tertiary/aromatic N) is 2. The second kappa shape index (κ2) is 9.16. The van der Waals surface area contributed by atoms with Crippen LogP contribution in [0.15, 0.2) is 157 Å². The molecule has 0 bridgehead atoms. The number of aryl methyl sites for hydroxylation is 1. The summed E-state index contributed by atoms with van der Waals surface area (Å²) in [6, 6.07) is 51.9. The molecule has 0 radical (unpaired) electrons. The molecular weight excluding hydrogens is 536 g/mol. The Kier molecular flexibility index (Phi) is 5.18. The Morgan fingerprint density at radius 2 is 1.05 bits per heavy atom. The zero-order valence-corrected chi connectivity index (χ0v) is 24.2. The Morgan fingerprint density at radius 1 is 0.523 bits per heavy atom. The minimum Gasteiger partial charge on any atom is -0.316 e. The molecule has 0 fully saturated rings. The zero-order valence-electron chi connectivity index (χ0n) is 24.2. The zero-order chi connectivity index (χ0) is 29.4. The minimum absolute atomic E-state index is 0.0660. The first-order valence-corrected chi connectivity index (χ1v) is 15.1. The molecule has 0 atom stereocenters. The van der Waals surface area contributed by atoms with Gasteiger partial charge in [0.2, 0.25) is 0 Å². The van der Waals surface area contributed by atoms with Gasteiger partial charge in [-0.2, -0.15) is 0 Å². The van der Waals surface area contributed by atoms with Crippen LogP contribution in [0.4, 0.5) is 17.1 Å². The molecule has 0 unspecified atom stereocenters. The van der Waals surface area contributed by atoms with Gasteiger partial charge in [-0.3, -0.25) is 4.79 Å². The highest BCUT2D eigenvalue weighted by atomic mass is 16.1. The van der Waals surface area contributed by atoms with Crippen LogP contribution in [-0.4, -0.2) is 4.57 Å². The lowest BCUT2D eigenvalue weighted by molar-refractivity contribution is 0.752. The standard InChI is InChI=1S/C41H28N2O/c1-27-26-42(28-13-3-2-4-14-28)39-25-29(23-24-32(39)40(27)44)43-37-21-11-9-19-35(37)41(36-20-10-12-22-38(36)43)33-17-7-5-15-30(33)31-16-6-8-18-34(31)41/h2-26H,1H3. The summed E-state index contributed by atoms with van der Waals surface area (Å²) in [4.78, 5) is 15.7. The molecule has 2 heterocycles. The van der Waals surface area contributed by atoms with Crippen molar-refractivity contribution in [3.8, 4) is 16.8 Å². The summed E-state index contributed by atoms with van der Waals surface area (Å²) < 4.78 is 2.14. The van der Waals surface area contributed by atoms with Crippen LogP contribution in [0.2, 0.25) is 0 Å². The van der Waals surface area contributed by atoms with E-state index in [1.165, 1.54) is 33.4 Å². The Balaban J connectivity index is 1.36. The molecule has 208 valence electrons. The van der Waals surface area contributed by atoms with E-state index < -0.39 is 5.41 Å². The van der Waals surface area contributed by atoms with Crippen molar-refractivity contribution < 1.29 is 0 Å². The van der Waals surface area contributed by atoms with E-state index in [0.717, 1.165) is 33.8 Å². The summed E-state index contributed by atoms with van der Waals surface area (Å²) in [6.45, 7) is 1.89. The lowest BCUT2D eigenvalue weighted by Gasteiger charge is -2.45. The fourth-order valence-corrected chi connectivity index (χ4v) is 7.73. The molecule has 7 aromatic rings. The van der Waals surface area contributed by atoms with Crippen molar-refractivity contribution in [2.45, 2.75) is 12.3 Å². The number of benzene rings is 6. The van der Waals surface area contributed by atoms with Crippen molar-refractivity contribution in [1.29, 1.82) is 0 Å². The summed E-state index contributed by atoms with van der Waals surface area (Å²) in [5.41, 5.74) is 13.2. The van der Waals surface area contributed by atoms with E-state index in [1.807, 2.05) is 37.4 Å². The number of fused-ring (bicyclic) bond motifs is 10. The molecule has 0 saturated heterocycles. The lowest BCUT2D eigenvalue weighted by Crippen LogP contribution is -2.36. The normalized spacial score (nSPS) is 13.8. The predicted molar refractivity (Wildman–Crippen MR) is 180 cm³/mol. The molecule has 1 aromatic heterocycles. The quantitative estimate of drug-likeness (QED) is 0.209. The van der Waals surface area contributed by atoms with Crippen molar-refractivity contribution in [3.05, 3.63) is 190 Å². The van der Waals surface area contributed by atoms with Crippen molar-refractivity contribution in [3.63, 3.8) is 0 Å². The number of aromatic nitrogens is 1. The van der Waals surface area contributed by atoms with Crippen LogP contribution in [-0.2, 0) is 5.41 Å². The Labute approximate surface area is 255 Å². The van der Waals surface area contributed by atoms with Gasteiger partial charge in [-0.05, 0) is 82.8 Å². The van der Waals surface area contributed by atoms with E-state index in [0.29, 0.717) is 5.39 Å². The molecule has 3 heteroatoms. The van der Waals surface area contributed by atoms with Gasteiger partial charge in [-0.1, -0.05) is 103 Å². The molecule has 2 aliphatic rings. The van der Waals surface area contributed by atoms with E-state index in [2.05, 4.69) is 131 Å². The Morgan fingerprint density at radius 3 is 1.66 bits per heavy atom. The average molecular weight is 565 g/mol. The molecular formula is C41H28N2O. The lowest BCUT2D eigenvalue weighted by atomic mass is 9.64. The molecule has 9 rings (SSSR count). The fraction of sp³-hybridized carbons (Fsp3) is 0.0488. The molecule has 6 aromatic carbocycles. The number of hydrogen-bond donors (Lipinski definition) is 0. The SMILES string of the molecule is Cc1cn(-c2ccccc2)c2cc(N3c4ccccc4C4(c5ccccc5-c5ccccc54)c4ccccc43)ccc2c1=O. The molecule has 1 aliphatic heterocycles. The number of anilines is 3. The van der Waals surface area contributed by atoms with Crippen molar-refractivity contribution in [2.24, 2.45) is 0 Å². The maximum atomic E-state index is 13.4. The predicted octanol–water partition coefficient (Wildman–Crippen LogP) is 9.45. The van der Waals surface area contributed by atoms with Crippen molar-refractivity contribution in [1.82, 2.24) is 4.57 Å². The largest absolute Gasteiger partial charge is 0.316 e. The first kappa shape index (κ1) is 24.9. The molecule has 44 heavy (non-hydrogen) atoms. The van der Waals surface area contributed by atoms with Gasteiger partial charge in [0.1, 0.15) is 0 Å². The molecule has 1 aliphatic carbocycles. The van der Waals surface area contributed by atoms with Crippen molar-refractivity contribution >= 4 is 28.0 Å².